The lowest BCUT2D eigenvalue weighted by molar-refractivity contribution is -0.159. The molecule has 0 unspecified atom stereocenters. The molecule has 18 heavy (non-hydrogen) atoms. The van der Waals surface area contributed by atoms with Gasteiger partial charge >= 0.3 is 5.97 Å². The summed E-state index contributed by atoms with van der Waals surface area (Å²) in [7, 11) is 0. The van der Waals surface area contributed by atoms with Crippen LogP contribution in [-0.2, 0) is 16.0 Å². The van der Waals surface area contributed by atoms with E-state index in [2.05, 4.69) is 0 Å². The molecule has 1 fully saturated rings. The van der Waals surface area contributed by atoms with Crippen LogP contribution in [0.2, 0.25) is 0 Å². The first-order chi connectivity index (χ1) is 8.66. The Balaban J connectivity index is 1.94. The van der Waals surface area contributed by atoms with Crippen LogP contribution in [0.15, 0.2) is 30.3 Å². The summed E-state index contributed by atoms with van der Waals surface area (Å²) in [6.07, 6.45) is 2.70. The number of benzene rings is 1. The van der Waals surface area contributed by atoms with Gasteiger partial charge in [-0.15, -0.1) is 0 Å². The highest BCUT2D eigenvalue weighted by Gasteiger charge is 2.31. The molecule has 0 heterocycles. The zero-order valence-electron chi connectivity index (χ0n) is 10.3. The van der Waals surface area contributed by atoms with Gasteiger partial charge in [-0.25, -0.2) is 4.79 Å². The highest BCUT2D eigenvalue weighted by atomic mass is 16.5. The number of carbonyl (C=O) groups is 1. The molecule has 4 heteroatoms. The molecule has 1 aliphatic carbocycles. The van der Waals surface area contributed by atoms with Crippen LogP contribution in [0.5, 0.6) is 0 Å². The van der Waals surface area contributed by atoms with Gasteiger partial charge in [0.1, 0.15) is 0 Å². The normalized spacial score (nSPS) is 18.9. The minimum absolute atomic E-state index is 0.0768. The Morgan fingerprint density at radius 3 is 2.56 bits per heavy atom. The van der Waals surface area contributed by atoms with Crippen LogP contribution in [-0.4, -0.2) is 29.3 Å². The lowest BCUT2D eigenvalue weighted by Crippen LogP contribution is -2.46. The zero-order chi connectivity index (χ0) is 13.0. The van der Waals surface area contributed by atoms with E-state index in [9.17, 15) is 9.90 Å². The average Bonchev–Trinajstić information content (AvgIpc) is 2.28. The van der Waals surface area contributed by atoms with Crippen molar-refractivity contribution in [3.8, 4) is 0 Å². The molecular formula is C14H19NO3. The molecule has 4 nitrogen and oxygen atoms in total. The van der Waals surface area contributed by atoms with Gasteiger partial charge in [-0.3, -0.25) is 0 Å². The third-order valence-corrected chi connectivity index (χ3v) is 3.34. The van der Waals surface area contributed by atoms with E-state index in [-0.39, 0.29) is 6.10 Å². The van der Waals surface area contributed by atoms with Crippen molar-refractivity contribution in [1.82, 2.24) is 0 Å². The molecule has 0 bridgehead atoms. The maximum Gasteiger partial charge on any atom is 0.334 e. The molecule has 98 valence electrons. The second-order valence-electron chi connectivity index (χ2n) is 4.80. The van der Waals surface area contributed by atoms with Gasteiger partial charge in [-0.05, 0) is 31.2 Å². The third kappa shape index (κ3) is 3.31. The molecule has 3 N–H and O–H groups in total. The summed E-state index contributed by atoms with van der Waals surface area (Å²) in [5.74, 6) is -0.967. The Bertz CT molecular complexity index is 389. The molecule has 1 saturated carbocycles. The van der Waals surface area contributed by atoms with Crippen molar-refractivity contribution < 1.29 is 14.6 Å². The second-order valence-corrected chi connectivity index (χ2v) is 4.80. The van der Waals surface area contributed by atoms with E-state index in [1.807, 2.05) is 30.3 Å². The molecule has 0 spiro atoms. The number of hydrogen-bond donors (Lipinski definition) is 2. The Morgan fingerprint density at radius 1 is 1.39 bits per heavy atom. The Kier molecular flexibility index (Phi) is 4.33. The third-order valence-electron chi connectivity index (χ3n) is 3.34. The molecule has 0 radical (unpaired) electrons. The largest absolute Gasteiger partial charge is 0.479 e. The van der Waals surface area contributed by atoms with Crippen molar-refractivity contribution in [1.29, 1.82) is 0 Å². The number of aliphatic carboxylic acids is 1. The maximum atomic E-state index is 11.2. The van der Waals surface area contributed by atoms with Gasteiger partial charge < -0.3 is 15.6 Å². The SMILES string of the molecule is N[C@@H](Cc1ccccc1)[C@H](OC1CCC1)C(=O)O. The highest BCUT2D eigenvalue weighted by molar-refractivity contribution is 5.73. The number of ether oxygens (including phenoxy) is 1. The molecule has 0 saturated heterocycles. The average molecular weight is 249 g/mol. The maximum absolute atomic E-state index is 11.2. The predicted octanol–water partition coefficient (Wildman–Crippen LogP) is 1.58. The summed E-state index contributed by atoms with van der Waals surface area (Å²) >= 11 is 0. The van der Waals surface area contributed by atoms with Gasteiger partial charge in [0.2, 0.25) is 0 Å². The first-order valence-electron chi connectivity index (χ1n) is 6.34. The van der Waals surface area contributed by atoms with Crippen molar-refractivity contribution in [2.75, 3.05) is 0 Å². The number of rotatable bonds is 6. The van der Waals surface area contributed by atoms with Crippen LogP contribution < -0.4 is 5.73 Å². The van der Waals surface area contributed by atoms with E-state index in [1.54, 1.807) is 0 Å². The molecule has 0 aromatic heterocycles. The van der Waals surface area contributed by atoms with Crippen LogP contribution in [0.3, 0.4) is 0 Å². The van der Waals surface area contributed by atoms with Crippen LogP contribution in [0.4, 0.5) is 0 Å². The fourth-order valence-electron chi connectivity index (χ4n) is 2.05. The van der Waals surface area contributed by atoms with Gasteiger partial charge in [0.25, 0.3) is 0 Å². The fraction of sp³-hybridized carbons (Fsp3) is 0.500. The van der Waals surface area contributed by atoms with Crippen molar-refractivity contribution >= 4 is 5.97 Å². The first-order valence-corrected chi connectivity index (χ1v) is 6.34. The molecular weight excluding hydrogens is 230 g/mol. The van der Waals surface area contributed by atoms with Gasteiger partial charge in [0.15, 0.2) is 6.10 Å². The summed E-state index contributed by atoms with van der Waals surface area (Å²) in [6, 6.07) is 9.15. The van der Waals surface area contributed by atoms with Crippen LogP contribution in [0.1, 0.15) is 24.8 Å². The van der Waals surface area contributed by atoms with Gasteiger partial charge in [-0.1, -0.05) is 30.3 Å². The molecule has 2 rings (SSSR count). The van der Waals surface area contributed by atoms with E-state index >= 15 is 0 Å². The molecule has 2 atom stereocenters. The van der Waals surface area contributed by atoms with Crippen molar-refractivity contribution in [3.63, 3.8) is 0 Å². The quantitative estimate of drug-likeness (QED) is 0.802. The summed E-state index contributed by atoms with van der Waals surface area (Å²) < 4.78 is 5.56. The fourth-order valence-corrected chi connectivity index (χ4v) is 2.05. The summed E-state index contributed by atoms with van der Waals surface area (Å²) in [5, 5.41) is 9.19. The Labute approximate surface area is 107 Å². The topological polar surface area (TPSA) is 72.5 Å². The van der Waals surface area contributed by atoms with E-state index in [0.717, 1.165) is 24.8 Å². The lowest BCUT2D eigenvalue weighted by Gasteiger charge is -2.31. The van der Waals surface area contributed by atoms with Crippen molar-refractivity contribution in [3.05, 3.63) is 35.9 Å². The molecule has 0 aliphatic heterocycles. The highest BCUT2D eigenvalue weighted by Crippen LogP contribution is 2.24. The van der Waals surface area contributed by atoms with Crippen LogP contribution in [0.25, 0.3) is 0 Å². The molecule has 1 aromatic rings. The summed E-state index contributed by atoms with van der Waals surface area (Å²) in [6.45, 7) is 0. The number of carboxylic acids is 1. The van der Waals surface area contributed by atoms with Crippen molar-refractivity contribution in [2.24, 2.45) is 5.73 Å². The van der Waals surface area contributed by atoms with E-state index in [4.69, 9.17) is 10.5 Å². The smallest absolute Gasteiger partial charge is 0.334 e. The molecule has 0 amide bonds. The van der Waals surface area contributed by atoms with Crippen LogP contribution in [0, 0.1) is 0 Å². The van der Waals surface area contributed by atoms with Gasteiger partial charge in [0, 0.05) is 6.04 Å². The minimum Gasteiger partial charge on any atom is -0.479 e. The van der Waals surface area contributed by atoms with Crippen LogP contribution >= 0.6 is 0 Å². The Morgan fingerprint density at radius 2 is 2.06 bits per heavy atom. The van der Waals surface area contributed by atoms with Gasteiger partial charge in [0.05, 0.1) is 6.10 Å². The van der Waals surface area contributed by atoms with E-state index in [1.165, 1.54) is 0 Å². The van der Waals surface area contributed by atoms with E-state index < -0.39 is 18.1 Å². The lowest BCUT2D eigenvalue weighted by atomic mass is 9.95. The zero-order valence-corrected chi connectivity index (χ0v) is 10.3. The first kappa shape index (κ1) is 13.1. The number of hydrogen-bond acceptors (Lipinski definition) is 3. The van der Waals surface area contributed by atoms with Crippen molar-refractivity contribution in [2.45, 2.75) is 43.9 Å². The molecule has 1 aromatic carbocycles. The second kappa shape index (κ2) is 5.98. The summed E-state index contributed by atoms with van der Waals surface area (Å²) in [5.41, 5.74) is 7.01. The standard InChI is InChI=1S/C14H19NO3/c15-12(9-10-5-2-1-3-6-10)13(14(16)17)18-11-7-4-8-11/h1-3,5-6,11-13H,4,7-9,15H2,(H,16,17)/t12-,13-/m0/s1. The number of nitrogens with two attached hydrogens (primary N) is 1. The predicted molar refractivity (Wildman–Crippen MR) is 68.3 cm³/mol. The van der Waals surface area contributed by atoms with Gasteiger partial charge in [-0.2, -0.15) is 0 Å². The minimum atomic E-state index is -0.967. The molecule has 1 aliphatic rings. The Hall–Kier alpha value is -1.39. The summed E-state index contributed by atoms with van der Waals surface area (Å²) in [4.78, 5) is 11.2. The van der Waals surface area contributed by atoms with E-state index in [0.29, 0.717) is 6.42 Å². The monoisotopic (exact) mass is 249 g/mol. The number of carboxylic acid groups (broad SMARTS) is 1.